The van der Waals surface area contributed by atoms with Gasteiger partial charge in [0.1, 0.15) is 0 Å². The predicted molar refractivity (Wildman–Crippen MR) is 61.6 cm³/mol. The van der Waals surface area contributed by atoms with Crippen molar-refractivity contribution in [3.05, 3.63) is 47.3 Å². The second-order valence-electron chi connectivity index (χ2n) is 3.87. The van der Waals surface area contributed by atoms with E-state index in [0.29, 0.717) is 0 Å². The maximum atomic E-state index is 5.84. The Morgan fingerprint density at radius 2 is 1.93 bits per heavy atom. The smallest absolute Gasteiger partial charge is 0.0897 e. The summed E-state index contributed by atoms with van der Waals surface area (Å²) in [6.45, 7) is 2.08. The van der Waals surface area contributed by atoms with E-state index in [9.17, 15) is 0 Å². The van der Waals surface area contributed by atoms with Crippen LogP contribution in [0, 0.1) is 6.92 Å². The van der Waals surface area contributed by atoms with E-state index in [2.05, 4.69) is 36.3 Å². The van der Waals surface area contributed by atoms with Crippen molar-refractivity contribution < 1.29 is 0 Å². The number of nitrogen functional groups attached to an aromatic ring is 1. The first-order valence-corrected chi connectivity index (χ1v) is 4.98. The summed E-state index contributed by atoms with van der Waals surface area (Å²) in [5, 5.41) is 4.32. The van der Waals surface area contributed by atoms with Crippen molar-refractivity contribution in [1.82, 2.24) is 9.78 Å². The third-order valence-corrected chi connectivity index (χ3v) is 2.43. The molecule has 2 N–H and O–H groups in total. The zero-order valence-corrected chi connectivity index (χ0v) is 9.07. The number of benzene rings is 1. The zero-order chi connectivity index (χ0) is 10.8. The Kier molecular flexibility index (Phi) is 2.46. The lowest BCUT2D eigenvalue weighted by atomic mass is 10.1. The molecule has 0 fully saturated rings. The summed E-state index contributed by atoms with van der Waals surface area (Å²) in [5.41, 5.74) is 10.1. The van der Waals surface area contributed by atoms with Gasteiger partial charge in [0.05, 0.1) is 11.4 Å². The van der Waals surface area contributed by atoms with Crippen LogP contribution in [0.2, 0.25) is 0 Å². The van der Waals surface area contributed by atoms with Crippen LogP contribution in [-0.4, -0.2) is 9.78 Å². The van der Waals surface area contributed by atoms with Gasteiger partial charge in [-0.1, -0.05) is 29.8 Å². The van der Waals surface area contributed by atoms with Gasteiger partial charge in [0.25, 0.3) is 0 Å². The molecule has 0 aliphatic rings. The minimum absolute atomic E-state index is 0.762. The highest BCUT2D eigenvalue weighted by molar-refractivity contribution is 5.43. The molecule has 0 aliphatic carbocycles. The van der Waals surface area contributed by atoms with Crippen LogP contribution in [0.3, 0.4) is 0 Å². The number of nitrogens with two attached hydrogens (primary N) is 1. The Hall–Kier alpha value is -1.77. The van der Waals surface area contributed by atoms with E-state index < -0.39 is 0 Å². The molecule has 0 bridgehead atoms. The molecule has 2 rings (SSSR count). The minimum Gasteiger partial charge on any atom is -0.396 e. The molecule has 1 heterocycles. The maximum absolute atomic E-state index is 5.84. The second-order valence-corrected chi connectivity index (χ2v) is 3.87. The number of rotatable bonds is 2. The molecular weight excluding hydrogens is 186 g/mol. The molecule has 0 aliphatic heterocycles. The Labute approximate surface area is 89.5 Å². The van der Waals surface area contributed by atoms with Crippen LogP contribution in [0.25, 0.3) is 0 Å². The fourth-order valence-corrected chi connectivity index (χ4v) is 1.59. The van der Waals surface area contributed by atoms with Crippen LogP contribution in [-0.2, 0) is 13.5 Å². The van der Waals surface area contributed by atoms with Gasteiger partial charge in [-0.2, -0.15) is 5.10 Å². The SMILES string of the molecule is Cc1ccc(Cc2nn(C)cc2N)cc1. The fourth-order valence-electron chi connectivity index (χ4n) is 1.59. The van der Waals surface area contributed by atoms with Crippen LogP contribution >= 0.6 is 0 Å². The molecule has 0 radical (unpaired) electrons. The normalized spacial score (nSPS) is 10.5. The summed E-state index contributed by atoms with van der Waals surface area (Å²) in [5.74, 6) is 0. The molecule has 1 aromatic heterocycles. The van der Waals surface area contributed by atoms with Crippen LogP contribution < -0.4 is 5.73 Å². The Morgan fingerprint density at radius 1 is 1.27 bits per heavy atom. The molecule has 0 saturated carbocycles. The third-order valence-electron chi connectivity index (χ3n) is 2.43. The molecule has 78 valence electrons. The van der Waals surface area contributed by atoms with Crippen LogP contribution in [0.1, 0.15) is 16.8 Å². The number of hydrogen-bond acceptors (Lipinski definition) is 2. The lowest BCUT2D eigenvalue weighted by Gasteiger charge is -2.00. The number of aryl methyl sites for hydroxylation is 2. The first kappa shape index (κ1) is 9.77. The molecule has 0 unspecified atom stereocenters. The fraction of sp³-hybridized carbons (Fsp3) is 0.250. The molecule has 3 nitrogen and oxygen atoms in total. The van der Waals surface area contributed by atoms with Gasteiger partial charge in [-0.3, -0.25) is 4.68 Å². The zero-order valence-electron chi connectivity index (χ0n) is 9.07. The Morgan fingerprint density at radius 3 is 2.47 bits per heavy atom. The summed E-state index contributed by atoms with van der Waals surface area (Å²) in [4.78, 5) is 0. The molecule has 15 heavy (non-hydrogen) atoms. The van der Waals surface area contributed by atoms with E-state index in [1.54, 1.807) is 4.68 Å². The van der Waals surface area contributed by atoms with E-state index in [1.807, 2.05) is 13.2 Å². The monoisotopic (exact) mass is 201 g/mol. The van der Waals surface area contributed by atoms with Gasteiger partial charge in [-0.05, 0) is 12.5 Å². The standard InChI is InChI=1S/C12H15N3/c1-9-3-5-10(6-4-9)7-12-11(13)8-15(2)14-12/h3-6,8H,7,13H2,1-2H3. The highest BCUT2D eigenvalue weighted by atomic mass is 15.3. The largest absolute Gasteiger partial charge is 0.396 e. The van der Waals surface area contributed by atoms with Crippen molar-refractivity contribution in [3.63, 3.8) is 0 Å². The predicted octanol–water partition coefficient (Wildman–Crippen LogP) is 1.90. The summed E-state index contributed by atoms with van der Waals surface area (Å²) in [6.07, 6.45) is 2.64. The van der Waals surface area contributed by atoms with Gasteiger partial charge in [-0.25, -0.2) is 0 Å². The van der Waals surface area contributed by atoms with Gasteiger partial charge < -0.3 is 5.73 Å². The van der Waals surface area contributed by atoms with Gasteiger partial charge in [0.15, 0.2) is 0 Å². The highest BCUT2D eigenvalue weighted by Crippen LogP contribution is 2.14. The van der Waals surface area contributed by atoms with E-state index in [1.165, 1.54) is 11.1 Å². The molecule has 3 heteroatoms. The molecule has 1 aromatic carbocycles. The van der Waals surface area contributed by atoms with Gasteiger partial charge in [-0.15, -0.1) is 0 Å². The number of aromatic nitrogens is 2. The van der Waals surface area contributed by atoms with E-state index in [0.717, 1.165) is 17.8 Å². The Balaban J connectivity index is 2.21. The Bertz CT molecular complexity index is 454. The first-order valence-electron chi connectivity index (χ1n) is 4.98. The summed E-state index contributed by atoms with van der Waals surface area (Å²) >= 11 is 0. The summed E-state index contributed by atoms with van der Waals surface area (Å²) in [7, 11) is 1.88. The molecule has 0 spiro atoms. The van der Waals surface area contributed by atoms with Gasteiger partial charge in [0.2, 0.25) is 0 Å². The van der Waals surface area contributed by atoms with Gasteiger partial charge >= 0.3 is 0 Å². The van der Waals surface area contributed by atoms with Crippen molar-refractivity contribution >= 4 is 5.69 Å². The third kappa shape index (κ3) is 2.18. The molecule has 0 atom stereocenters. The topological polar surface area (TPSA) is 43.8 Å². The van der Waals surface area contributed by atoms with Crippen molar-refractivity contribution in [2.45, 2.75) is 13.3 Å². The lowest BCUT2D eigenvalue weighted by molar-refractivity contribution is 0.749. The maximum Gasteiger partial charge on any atom is 0.0897 e. The average molecular weight is 201 g/mol. The molecular formula is C12H15N3. The van der Waals surface area contributed by atoms with E-state index >= 15 is 0 Å². The number of anilines is 1. The van der Waals surface area contributed by atoms with E-state index in [-0.39, 0.29) is 0 Å². The van der Waals surface area contributed by atoms with Crippen LogP contribution in [0.15, 0.2) is 30.5 Å². The molecule has 0 saturated heterocycles. The molecule has 2 aromatic rings. The van der Waals surface area contributed by atoms with Crippen LogP contribution in [0.5, 0.6) is 0 Å². The number of nitrogens with zero attached hydrogens (tertiary/aromatic N) is 2. The second kappa shape index (κ2) is 3.77. The van der Waals surface area contributed by atoms with Crippen molar-refractivity contribution in [1.29, 1.82) is 0 Å². The summed E-state index contributed by atoms with van der Waals surface area (Å²) < 4.78 is 1.75. The minimum atomic E-state index is 0.762. The first-order chi connectivity index (χ1) is 7.15. The quantitative estimate of drug-likeness (QED) is 0.806. The van der Waals surface area contributed by atoms with E-state index in [4.69, 9.17) is 5.73 Å². The van der Waals surface area contributed by atoms with Crippen LogP contribution in [0.4, 0.5) is 5.69 Å². The van der Waals surface area contributed by atoms with Crippen molar-refractivity contribution in [2.75, 3.05) is 5.73 Å². The molecule has 0 amide bonds. The number of hydrogen-bond donors (Lipinski definition) is 1. The average Bonchev–Trinajstić information content (AvgIpc) is 2.49. The van der Waals surface area contributed by atoms with Crippen molar-refractivity contribution in [2.24, 2.45) is 7.05 Å². The lowest BCUT2D eigenvalue weighted by Crippen LogP contribution is -1.95. The highest BCUT2D eigenvalue weighted by Gasteiger charge is 2.04. The van der Waals surface area contributed by atoms with Gasteiger partial charge in [0, 0.05) is 19.7 Å². The van der Waals surface area contributed by atoms with Crippen molar-refractivity contribution in [3.8, 4) is 0 Å². The summed E-state index contributed by atoms with van der Waals surface area (Å²) in [6, 6.07) is 8.44.